The number of fused-ring (bicyclic) bond motifs is 1. The van der Waals surface area contributed by atoms with Crippen molar-refractivity contribution < 1.29 is 9.78 Å². The van der Waals surface area contributed by atoms with Gasteiger partial charge in [0.25, 0.3) is 5.91 Å². The van der Waals surface area contributed by atoms with E-state index in [1.54, 1.807) is 11.3 Å². The minimum absolute atomic E-state index is 0.225. The van der Waals surface area contributed by atoms with E-state index in [0.717, 1.165) is 49.8 Å². The third kappa shape index (κ3) is 3.05. The van der Waals surface area contributed by atoms with Gasteiger partial charge in [0.1, 0.15) is 0 Å². The number of pyridine rings is 1. The summed E-state index contributed by atoms with van der Waals surface area (Å²) in [5.41, 5.74) is 2.64. The number of nitrogens with one attached hydrogen (secondary N) is 1. The van der Waals surface area contributed by atoms with Gasteiger partial charge in [-0.05, 0) is 36.8 Å². The molecular formula is C19H24N3OS+. The summed E-state index contributed by atoms with van der Waals surface area (Å²) in [4.78, 5) is 22.7. The molecule has 2 aromatic rings. The first-order valence-corrected chi connectivity index (χ1v) is 9.64. The molecule has 1 saturated heterocycles. The summed E-state index contributed by atoms with van der Waals surface area (Å²) >= 11 is 1.73. The summed E-state index contributed by atoms with van der Waals surface area (Å²) in [7, 11) is 0. The van der Waals surface area contributed by atoms with Crippen LogP contribution >= 0.6 is 11.3 Å². The lowest BCUT2D eigenvalue weighted by atomic mass is 9.90. The Morgan fingerprint density at radius 2 is 1.96 bits per heavy atom. The molecule has 4 rings (SSSR count). The van der Waals surface area contributed by atoms with Crippen molar-refractivity contribution in [2.45, 2.75) is 26.2 Å². The Labute approximate surface area is 147 Å². The Bertz CT molecular complexity index is 719. The van der Waals surface area contributed by atoms with Gasteiger partial charge in [0, 0.05) is 48.9 Å². The number of aryl methyl sites for hydroxylation is 1. The number of H-pyrrole nitrogens is 1. The number of piperazine rings is 1. The second-order valence-corrected chi connectivity index (χ2v) is 8.08. The molecule has 1 atom stereocenters. The second-order valence-electron chi connectivity index (χ2n) is 6.94. The Hall–Kier alpha value is -1.88. The molecule has 1 N–H and O–H groups in total. The molecule has 4 nitrogen and oxygen atoms in total. The van der Waals surface area contributed by atoms with Gasteiger partial charge in [0.2, 0.25) is 0 Å². The molecule has 1 aliphatic heterocycles. The minimum atomic E-state index is 0.225. The molecule has 24 heavy (non-hydrogen) atoms. The summed E-state index contributed by atoms with van der Waals surface area (Å²) in [6, 6.07) is 6.34. The monoisotopic (exact) mass is 342 g/mol. The van der Waals surface area contributed by atoms with E-state index in [4.69, 9.17) is 0 Å². The maximum Gasteiger partial charge on any atom is 0.264 e. The molecule has 0 saturated carbocycles. The predicted octanol–water partition coefficient (Wildman–Crippen LogP) is 2.65. The van der Waals surface area contributed by atoms with Crippen molar-refractivity contribution >= 4 is 22.9 Å². The first-order valence-electron chi connectivity index (χ1n) is 8.82. The van der Waals surface area contributed by atoms with Crippen LogP contribution in [-0.4, -0.2) is 37.0 Å². The first kappa shape index (κ1) is 15.6. The van der Waals surface area contributed by atoms with E-state index >= 15 is 0 Å². The van der Waals surface area contributed by atoms with Crippen LogP contribution < -0.4 is 9.88 Å². The predicted molar refractivity (Wildman–Crippen MR) is 96.6 cm³/mol. The molecule has 1 fully saturated rings. The van der Waals surface area contributed by atoms with Crippen LogP contribution in [0.5, 0.6) is 0 Å². The molecule has 3 heterocycles. The lowest BCUT2D eigenvalue weighted by Crippen LogP contribution is -2.48. The number of carbonyl (C=O) groups excluding carboxylic acids is 1. The number of carbonyl (C=O) groups is 1. The lowest BCUT2D eigenvalue weighted by molar-refractivity contribution is -0.377. The standard InChI is InChI=1S/C19H23N3OS/c1-14-2-3-17-15(12-14)13-18(24-17)19(23)22-10-8-21(9-11-22)16-4-6-20-7-5-16/h4-7,13-14H,2-3,8-12H2,1H3/p+1/t14-/m0/s1. The minimum Gasteiger partial charge on any atom is -0.368 e. The van der Waals surface area contributed by atoms with Crippen molar-refractivity contribution in [3.8, 4) is 0 Å². The topological polar surface area (TPSA) is 37.7 Å². The van der Waals surface area contributed by atoms with E-state index < -0.39 is 0 Å². The molecule has 1 amide bonds. The number of aromatic nitrogens is 1. The van der Waals surface area contributed by atoms with Crippen molar-refractivity contribution in [1.29, 1.82) is 0 Å². The van der Waals surface area contributed by atoms with Crippen molar-refractivity contribution in [3.63, 3.8) is 0 Å². The number of hydrogen-bond donors (Lipinski definition) is 0. The van der Waals surface area contributed by atoms with Crippen LogP contribution in [0.15, 0.2) is 30.6 Å². The summed E-state index contributed by atoms with van der Waals surface area (Å²) < 4.78 is 0. The lowest BCUT2D eigenvalue weighted by Gasteiger charge is -2.35. The Morgan fingerprint density at radius 1 is 1.21 bits per heavy atom. The molecule has 2 aliphatic rings. The molecule has 0 unspecified atom stereocenters. The molecule has 0 aromatic carbocycles. The van der Waals surface area contributed by atoms with Gasteiger partial charge < -0.3 is 9.80 Å². The van der Waals surface area contributed by atoms with Crippen LogP contribution in [0.1, 0.15) is 33.5 Å². The van der Waals surface area contributed by atoms with Crippen LogP contribution in [0.4, 0.5) is 5.69 Å². The van der Waals surface area contributed by atoms with Gasteiger partial charge >= 0.3 is 0 Å². The van der Waals surface area contributed by atoms with E-state index in [2.05, 4.69) is 35.0 Å². The number of hydrogen-bond acceptors (Lipinski definition) is 3. The third-order valence-corrected chi connectivity index (χ3v) is 6.40. The van der Waals surface area contributed by atoms with Crippen LogP contribution in [-0.2, 0) is 12.8 Å². The molecular weight excluding hydrogens is 318 g/mol. The number of rotatable bonds is 2. The Morgan fingerprint density at radius 3 is 2.71 bits per heavy atom. The van der Waals surface area contributed by atoms with Crippen molar-refractivity contribution in [2.75, 3.05) is 31.1 Å². The van der Waals surface area contributed by atoms with Gasteiger partial charge in [-0.3, -0.25) is 4.79 Å². The fraction of sp³-hybridized carbons (Fsp3) is 0.474. The van der Waals surface area contributed by atoms with Gasteiger partial charge in [0.15, 0.2) is 12.4 Å². The molecule has 126 valence electrons. The van der Waals surface area contributed by atoms with Gasteiger partial charge in [0.05, 0.1) is 4.88 Å². The molecule has 5 heteroatoms. The van der Waals surface area contributed by atoms with Crippen molar-refractivity contribution in [2.24, 2.45) is 5.92 Å². The van der Waals surface area contributed by atoms with E-state index in [-0.39, 0.29) is 5.91 Å². The molecule has 0 radical (unpaired) electrons. The van der Waals surface area contributed by atoms with E-state index in [1.807, 2.05) is 17.3 Å². The molecule has 2 aromatic heterocycles. The summed E-state index contributed by atoms with van der Waals surface area (Å²) in [5.74, 6) is 0.977. The number of amides is 1. The number of aromatic amines is 1. The van der Waals surface area contributed by atoms with Crippen LogP contribution in [0.3, 0.4) is 0 Å². The zero-order chi connectivity index (χ0) is 16.5. The highest BCUT2D eigenvalue weighted by Gasteiger charge is 2.26. The smallest absolute Gasteiger partial charge is 0.264 e. The van der Waals surface area contributed by atoms with E-state index in [9.17, 15) is 4.79 Å². The normalized spacial score (nSPS) is 20.8. The molecule has 1 aliphatic carbocycles. The maximum absolute atomic E-state index is 12.9. The second kappa shape index (κ2) is 6.55. The zero-order valence-corrected chi connectivity index (χ0v) is 14.9. The quantitative estimate of drug-likeness (QED) is 0.841. The fourth-order valence-corrected chi connectivity index (χ4v) is 4.90. The number of thiophene rings is 1. The van der Waals surface area contributed by atoms with Crippen molar-refractivity contribution in [1.82, 2.24) is 4.90 Å². The van der Waals surface area contributed by atoms with E-state index in [1.165, 1.54) is 22.5 Å². The van der Waals surface area contributed by atoms with Gasteiger partial charge in [-0.2, -0.15) is 0 Å². The van der Waals surface area contributed by atoms with Gasteiger partial charge in [-0.15, -0.1) is 11.3 Å². The highest BCUT2D eigenvalue weighted by molar-refractivity contribution is 7.14. The molecule has 0 bridgehead atoms. The van der Waals surface area contributed by atoms with Crippen molar-refractivity contribution in [3.05, 3.63) is 45.9 Å². The van der Waals surface area contributed by atoms with Crippen LogP contribution in [0.2, 0.25) is 0 Å². The van der Waals surface area contributed by atoms with Gasteiger partial charge in [-0.25, -0.2) is 4.98 Å². The maximum atomic E-state index is 12.9. The largest absolute Gasteiger partial charge is 0.368 e. The first-order chi connectivity index (χ1) is 11.7. The Kier molecular flexibility index (Phi) is 4.27. The highest BCUT2D eigenvalue weighted by Crippen LogP contribution is 2.33. The van der Waals surface area contributed by atoms with Crippen LogP contribution in [0, 0.1) is 5.92 Å². The molecule has 0 spiro atoms. The summed E-state index contributed by atoms with van der Waals surface area (Å²) in [6.45, 7) is 5.71. The SMILES string of the molecule is C[C@H]1CCc2sc(C(=O)N3CCN(c4cc[nH+]cc4)CC3)cc2C1. The number of anilines is 1. The number of nitrogens with zero attached hydrogens (tertiary/aromatic N) is 2. The summed E-state index contributed by atoms with van der Waals surface area (Å²) in [6.07, 6.45) is 7.44. The fourth-order valence-electron chi connectivity index (χ4n) is 3.72. The Balaban J connectivity index is 1.42. The van der Waals surface area contributed by atoms with Gasteiger partial charge in [-0.1, -0.05) is 6.92 Å². The van der Waals surface area contributed by atoms with Crippen LogP contribution in [0.25, 0.3) is 0 Å². The average molecular weight is 342 g/mol. The highest BCUT2D eigenvalue weighted by atomic mass is 32.1. The van der Waals surface area contributed by atoms with E-state index in [0.29, 0.717) is 0 Å². The summed E-state index contributed by atoms with van der Waals surface area (Å²) in [5, 5.41) is 0. The zero-order valence-electron chi connectivity index (χ0n) is 14.1. The third-order valence-electron chi connectivity index (χ3n) is 5.17. The average Bonchev–Trinajstić information content (AvgIpc) is 3.05.